The Labute approximate surface area is 110 Å². The van der Waals surface area contributed by atoms with Gasteiger partial charge >= 0.3 is 0 Å². The van der Waals surface area contributed by atoms with E-state index < -0.39 is 0 Å². The van der Waals surface area contributed by atoms with Gasteiger partial charge in [-0.3, -0.25) is 9.48 Å². The number of carbonyl (C=O) groups is 1. The van der Waals surface area contributed by atoms with E-state index >= 15 is 0 Å². The quantitative estimate of drug-likeness (QED) is 0.719. The summed E-state index contributed by atoms with van der Waals surface area (Å²) in [6, 6.07) is 9.04. The molecule has 0 bridgehead atoms. The van der Waals surface area contributed by atoms with Crippen molar-refractivity contribution >= 4 is 11.7 Å². The first-order chi connectivity index (χ1) is 9.17. The van der Waals surface area contributed by atoms with Gasteiger partial charge in [0.1, 0.15) is 12.4 Å². The summed E-state index contributed by atoms with van der Waals surface area (Å²) in [5.41, 5.74) is 7.29. The molecule has 0 aliphatic carbocycles. The molecule has 0 unspecified atom stereocenters. The Kier molecular flexibility index (Phi) is 4.15. The zero-order valence-electron chi connectivity index (χ0n) is 10.4. The third-order valence-corrected chi connectivity index (χ3v) is 2.66. The number of nitrogen functional groups attached to an aromatic ring is 1. The zero-order valence-corrected chi connectivity index (χ0v) is 10.4. The van der Waals surface area contributed by atoms with E-state index in [4.69, 9.17) is 10.8 Å². The van der Waals surface area contributed by atoms with Gasteiger partial charge in [0.05, 0.1) is 6.61 Å². The maximum atomic E-state index is 11.7. The van der Waals surface area contributed by atoms with Crippen molar-refractivity contribution in [1.29, 1.82) is 0 Å². The first-order valence-corrected chi connectivity index (χ1v) is 5.91. The van der Waals surface area contributed by atoms with Crippen molar-refractivity contribution in [3.63, 3.8) is 0 Å². The third kappa shape index (κ3) is 3.82. The molecule has 0 saturated carbocycles. The lowest BCUT2D eigenvalue weighted by Crippen LogP contribution is -2.27. The Balaban J connectivity index is 1.82. The van der Waals surface area contributed by atoms with Crippen LogP contribution in [0.4, 0.5) is 5.82 Å². The molecule has 1 aromatic heterocycles. The maximum absolute atomic E-state index is 11.7. The van der Waals surface area contributed by atoms with Crippen molar-refractivity contribution in [2.45, 2.75) is 19.7 Å². The summed E-state index contributed by atoms with van der Waals surface area (Å²) in [6.07, 6.45) is 1.66. The van der Waals surface area contributed by atoms with Crippen LogP contribution in [0.1, 0.15) is 11.1 Å². The van der Waals surface area contributed by atoms with Crippen molar-refractivity contribution < 1.29 is 9.90 Å². The minimum atomic E-state index is -0.130. The lowest BCUT2D eigenvalue weighted by molar-refractivity contribution is -0.122. The van der Waals surface area contributed by atoms with Crippen LogP contribution in [-0.2, 0) is 24.5 Å². The van der Waals surface area contributed by atoms with Gasteiger partial charge in [0.15, 0.2) is 0 Å². The number of rotatable bonds is 5. The molecule has 4 N–H and O–H groups in total. The second-order valence-corrected chi connectivity index (χ2v) is 4.19. The fraction of sp³-hybridized carbons (Fsp3) is 0.231. The van der Waals surface area contributed by atoms with Gasteiger partial charge in [-0.15, -0.1) is 0 Å². The fourth-order valence-electron chi connectivity index (χ4n) is 1.63. The lowest BCUT2D eigenvalue weighted by Gasteiger charge is -2.06. The molecule has 0 radical (unpaired) electrons. The normalized spacial score (nSPS) is 10.4. The Hall–Kier alpha value is -2.34. The van der Waals surface area contributed by atoms with Crippen LogP contribution in [0.15, 0.2) is 36.5 Å². The molecular formula is C13H16N4O2. The largest absolute Gasteiger partial charge is 0.392 e. The second-order valence-electron chi connectivity index (χ2n) is 4.19. The molecular weight excluding hydrogens is 244 g/mol. The smallest absolute Gasteiger partial charge is 0.241 e. The summed E-state index contributed by atoms with van der Waals surface area (Å²) >= 11 is 0. The number of anilines is 1. The molecule has 1 heterocycles. The number of aromatic nitrogens is 2. The molecule has 19 heavy (non-hydrogen) atoms. The van der Waals surface area contributed by atoms with Gasteiger partial charge in [0.2, 0.25) is 5.91 Å². The van der Waals surface area contributed by atoms with Gasteiger partial charge in [-0.1, -0.05) is 24.3 Å². The molecule has 2 rings (SSSR count). The van der Waals surface area contributed by atoms with Crippen molar-refractivity contribution in [2.75, 3.05) is 5.73 Å². The summed E-state index contributed by atoms with van der Waals surface area (Å²) in [4.78, 5) is 11.7. The van der Waals surface area contributed by atoms with Gasteiger partial charge in [-0.05, 0) is 17.2 Å². The van der Waals surface area contributed by atoms with Crippen LogP contribution in [0, 0.1) is 0 Å². The number of carbonyl (C=O) groups excluding carboxylic acids is 1. The monoisotopic (exact) mass is 260 g/mol. The van der Waals surface area contributed by atoms with Gasteiger partial charge < -0.3 is 16.2 Å². The highest BCUT2D eigenvalue weighted by molar-refractivity contribution is 5.75. The number of aliphatic hydroxyl groups excluding tert-OH is 1. The average molecular weight is 260 g/mol. The van der Waals surface area contributed by atoms with Crippen LogP contribution in [0.3, 0.4) is 0 Å². The zero-order chi connectivity index (χ0) is 13.7. The molecule has 6 heteroatoms. The molecule has 0 aliphatic heterocycles. The van der Waals surface area contributed by atoms with E-state index in [1.165, 1.54) is 4.68 Å². The van der Waals surface area contributed by atoms with Crippen molar-refractivity contribution in [1.82, 2.24) is 15.1 Å². The Morgan fingerprint density at radius 2 is 1.95 bits per heavy atom. The van der Waals surface area contributed by atoms with Crippen LogP contribution < -0.4 is 11.1 Å². The molecule has 0 aliphatic rings. The third-order valence-electron chi connectivity index (χ3n) is 2.66. The second kappa shape index (κ2) is 6.01. The molecule has 0 saturated heterocycles. The number of nitrogens with two attached hydrogens (primary N) is 1. The number of hydrogen-bond donors (Lipinski definition) is 3. The summed E-state index contributed by atoms with van der Waals surface area (Å²) in [7, 11) is 0. The molecule has 100 valence electrons. The van der Waals surface area contributed by atoms with Gasteiger partial charge in [-0.25, -0.2) is 0 Å². The standard InChI is InChI=1S/C13H16N4O2/c14-12-5-6-17(16-12)8-13(19)15-7-10-1-3-11(9-18)4-2-10/h1-6,18H,7-9H2,(H2,14,16)(H,15,19). The van der Waals surface area contributed by atoms with E-state index in [-0.39, 0.29) is 19.1 Å². The Morgan fingerprint density at radius 1 is 1.26 bits per heavy atom. The highest BCUT2D eigenvalue weighted by Gasteiger charge is 2.03. The van der Waals surface area contributed by atoms with Crippen molar-refractivity contribution in [2.24, 2.45) is 0 Å². The van der Waals surface area contributed by atoms with Gasteiger partial charge in [0, 0.05) is 12.7 Å². The van der Waals surface area contributed by atoms with E-state index in [1.54, 1.807) is 12.3 Å². The predicted molar refractivity (Wildman–Crippen MR) is 70.9 cm³/mol. The summed E-state index contributed by atoms with van der Waals surface area (Å²) in [5.74, 6) is 0.265. The maximum Gasteiger partial charge on any atom is 0.241 e. The number of nitrogens with one attached hydrogen (secondary N) is 1. The van der Waals surface area contributed by atoms with Gasteiger partial charge in [-0.2, -0.15) is 5.10 Å². The average Bonchev–Trinajstić information content (AvgIpc) is 2.82. The SMILES string of the molecule is Nc1ccn(CC(=O)NCc2ccc(CO)cc2)n1. The topological polar surface area (TPSA) is 93.2 Å². The molecule has 1 aromatic carbocycles. The van der Waals surface area contributed by atoms with Crippen LogP contribution in [0.5, 0.6) is 0 Å². The molecule has 0 atom stereocenters. The molecule has 1 amide bonds. The predicted octanol–water partition coefficient (Wildman–Crippen LogP) is 0.274. The highest BCUT2D eigenvalue weighted by atomic mass is 16.3. The number of hydrogen-bond acceptors (Lipinski definition) is 4. The first kappa shape index (κ1) is 13.1. The number of benzene rings is 1. The first-order valence-electron chi connectivity index (χ1n) is 5.91. The minimum Gasteiger partial charge on any atom is -0.392 e. The highest BCUT2D eigenvalue weighted by Crippen LogP contribution is 2.04. The minimum absolute atomic E-state index is 0.0212. The molecule has 0 fully saturated rings. The van der Waals surface area contributed by atoms with Gasteiger partial charge in [0.25, 0.3) is 0 Å². The Bertz CT molecular complexity index is 548. The van der Waals surface area contributed by atoms with E-state index in [1.807, 2.05) is 24.3 Å². The Morgan fingerprint density at radius 3 is 2.53 bits per heavy atom. The molecule has 6 nitrogen and oxygen atoms in total. The lowest BCUT2D eigenvalue weighted by atomic mass is 10.1. The van der Waals surface area contributed by atoms with Crippen LogP contribution in [-0.4, -0.2) is 20.8 Å². The molecule has 2 aromatic rings. The molecule has 0 spiro atoms. The van der Waals surface area contributed by atoms with E-state index in [9.17, 15) is 4.79 Å². The van der Waals surface area contributed by atoms with E-state index in [0.29, 0.717) is 12.4 Å². The number of nitrogens with zero attached hydrogens (tertiary/aromatic N) is 2. The van der Waals surface area contributed by atoms with E-state index in [0.717, 1.165) is 11.1 Å². The summed E-state index contributed by atoms with van der Waals surface area (Å²) < 4.78 is 1.49. The summed E-state index contributed by atoms with van der Waals surface area (Å²) in [6.45, 7) is 0.612. The fourth-order valence-corrected chi connectivity index (χ4v) is 1.63. The van der Waals surface area contributed by atoms with Crippen LogP contribution in [0.2, 0.25) is 0 Å². The van der Waals surface area contributed by atoms with Crippen LogP contribution in [0.25, 0.3) is 0 Å². The van der Waals surface area contributed by atoms with Crippen molar-refractivity contribution in [3.8, 4) is 0 Å². The number of aliphatic hydroxyl groups is 1. The van der Waals surface area contributed by atoms with Crippen LogP contribution >= 0.6 is 0 Å². The summed E-state index contributed by atoms with van der Waals surface area (Å²) in [5, 5.41) is 15.6. The number of amides is 1. The van der Waals surface area contributed by atoms with E-state index in [2.05, 4.69) is 10.4 Å². The van der Waals surface area contributed by atoms with Crippen molar-refractivity contribution in [3.05, 3.63) is 47.7 Å².